The highest BCUT2D eigenvalue weighted by molar-refractivity contribution is 6.51. The van der Waals surface area contributed by atoms with Gasteiger partial charge < -0.3 is 14.3 Å². The monoisotopic (exact) mass is 431 g/mol. The molecule has 6 heteroatoms. The zero-order valence-corrected chi connectivity index (χ0v) is 18.7. The highest BCUT2D eigenvalue weighted by Gasteiger charge is 2.48. The molecule has 0 spiro atoms. The maximum Gasteiger partial charge on any atom is 0.300 e. The average Bonchev–Trinajstić information content (AvgIpc) is 3.38. The van der Waals surface area contributed by atoms with E-state index in [0.29, 0.717) is 22.8 Å². The second-order valence-electron chi connectivity index (χ2n) is 8.11. The van der Waals surface area contributed by atoms with Crippen LogP contribution in [0, 0.1) is 27.7 Å². The van der Waals surface area contributed by atoms with Crippen LogP contribution in [0.2, 0.25) is 0 Å². The minimum atomic E-state index is -0.882. The number of nitrogens with zero attached hydrogens (tertiary/aromatic N) is 1. The number of Topliss-reactive ketones (excluding diaryl/α,β-unsaturated/α-hetero) is 1. The third kappa shape index (κ3) is 3.38. The van der Waals surface area contributed by atoms with Gasteiger partial charge in [0.2, 0.25) is 0 Å². The van der Waals surface area contributed by atoms with Crippen molar-refractivity contribution in [3.8, 4) is 5.75 Å². The summed E-state index contributed by atoms with van der Waals surface area (Å²) in [5.41, 5.74) is 4.39. The average molecular weight is 431 g/mol. The molecule has 0 bridgehead atoms. The maximum atomic E-state index is 13.2. The first kappa shape index (κ1) is 21.4. The molecule has 1 fully saturated rings. The number of rotatable bonds is 4. The van der Waals surface area contributed by atoms with E-state index in [9.17, 15) is 14.7 Å². The van der Waals surface area contributed by atoms with Crippen LogP contribution >= 0.6 is 0 Å². The Morgan fingerprint density at radius 3 is 2.41 bits per heavy atom. The Balaban J connectivity index is 1.98. The number of hydrogen-bond acceptors (Lipinski definition) is 5. The third-order valence-electron chi connectivity index (χ3n) is 5.88. The van der Waals surface area contributed by atoms with Crippen molar-refractivity contribution in [2.45, 2.75) is 33.7 Å². The molecule has 1 aliphatic heterocycles. The first-order chi connectivity index (χ1) is 15.2. The number of benzene rings is 2. The zero-order chi connectivity index (χ0) is 23.2. The van der Waals surface area contributed by atoms with Gasteiger partial charge in [0.1, 0.15) is 23.3 Å². The van der Waals surface area contributed by atoms with Gasteiger partial charge >= 0.3 is 0 Å². The summed E-state index contributed by atoms with van der Waals surface area (Å²) >= 11 is 0. The lowest BCUT2D eigenvalue weighted by Gasteiger charge is -2.25. The molecule has 0 aliphatic carbocycles. The predicted molar refractivity (Wildman–Crippen MR) is 122 cm³/mol. The van der Waals surface area contributed by atoms with E-state index in [0.717, 1.165) is 22.3 Å². The molecular formula is C26H25NO5. The van der Waals surface area contributed by atoms with Gasteiger partial charge in [-0.05, 0) is 80.3 Å². The fourth-order valence-electron chi connectivity index (χ4n) is 4.19. The number of hydrogen-bond donors (Lipinski definition) is 1. The zero-order valence-electron chi connectivity index (χ0n) is 18.7. The van der Waals surface area contributed by atoms with E-state index in [1.54, 1.807) is 31.4 Å². The lowest BCUT2D eigenvalue weighted by atomic mass is 9.95. The van der Waals surface area contributed by atoms with Crippen LogP contribution in [0.4, 0.5) is 5.69 Å². The first-order valence-corrected chi connectivity index (χ1v) is 10.3. The smallest absolute Gasteiger partial charge is 0.300 e. The summed E-state index contributed by atoms with van der Waals surface area (Å²) in [4.78, 5) is 27.9. The van der Waals surface area contributed by atoms with Crippen LogP contribution in [0.3, 0.4) is 0 Å². The second kappa shape index (κ2) is 8.04. The number of ether oxygens (including phenoxy) is 1. The number of methoxy groups -OCH3 is 1. The van der Waals surface area contributed by atoms with Crippen LogP contribution in [-0.2, 0) is 9.59 Å². The maximum absolute atomic E-state index is 13.2. The van der Waals surface area contributed by atoms with Crippen LogP contribution in [0.15, 0.2) is 58.7 Å². The quantitative estimate of drug-likeness (QED) is 0.351. The van der Waals surface area contributed by atoms with Gasteiger partial charge in [-0.1, -0.05) is 12.1 Å². The molecule has 1 aromatic heterocycles. The Hall–Kier alpha value is -3.80. The van der Waals surface area contributed by atoms with Crippen molar-refractivity contribution in [1.82, 2.24) is 0 Å². The molecule has 1 aliphatic rings. The lowest BCUT2D eigenvalue weighted by molar-refractivity contribution is -0.132. The van der Waals surface area contributed by atoms with Gasteiger partial charge in [-0.25, -0.2) is 0 Å². The molecule has 1 unspecified atom stereocenters. The van der Waals surface area contributed by atoms with E-state index >= 15 is 0 Å². The van der Waals surface area contributed by atoms with E-state index in [4.69, 9.17) is 9.15 Å². The van der Waals surface area contributed by atoms with E-state index in [1.807, 2.05) is 45.9 Å². The largest absolute Gasteiger partial charge is 0.507 e. The minimum Gasteiger partial charge on any atom is -0.507 e. The van der Waals surface area contributed by atoms with Gasteiger partial charge in [0, 0.05) is 11.3 Å². The number of aliphatic hydroxyl groups excluding tert-OH is 1. The summed E-state index contributed by atoms with van der Waals surface area (Å²) in [6, 6.07) is 11.8. The molecule has 3 aromatic rings. The van der Waals surface area contributed by atoms with Crippen LogP contribution in [0.1, 0.15) is 39.6 Å². The van der Waals surface area contributed by atoms with E-state index in [-0.39, 0.29) is 11.3 Å². The Morgan fingerprint density at radius 2 is 1.75 bits per heavy atom. The molecule has 0 saturated carbocycles. The number of amides is 1. The molecule has 1 atom stereocenters. The molecule has 1 N–H and O–H groups in total. The Labute approximate surface area is 186 Å². The fraction of sp³-hybridized carbons (Fsp3) is 0.231. The van der Waals surface area contributed by atoms with Crippen molar-refractivity contribution in [1.29, 1.82) is 0 Å². The van der Waals surface area contributed by atoms with E-state index in [1.165, 1.54) is 11.2 Å². The van der Waals surface area contributed by atoms with Gasteiger partial charge in [-0.2, -0.15) is 0 Å². The molecule has 0 radical (unpaired) electrons. The first-order valence-electron chi connectivity index (χ1n) is 10.3. The molecule has 2 aromatic carbocycles. The Kier molecular flexibility index (Phi) is 5.38. The highest BCUT2D eigenvalue weighted by Crippen LogP contribution is 2.44. The molecule has 164 valence electrons. The molecule has 1 saturated heterocycles. The van der Waals surface area contributed by atoms with Crippen LogP contribution < -0.4 is 9.64 Å². The number of carbonyl (C=O) groups is 2. The van der Waals surface area contributed by atoms with Crippen molar-refractivity contribution >= 4 is 23.1 Å². The second-order valence-corrected chi connectivity index (χ2v) is 8.11. The summed E-state index contributed by atoms with van der Waals surface area (Å²) < 4.78 is 11.0. The van der Waals surface area contributed by atoms with Crippen molar-refractivity contribution in [2.75, 3.05) is 12.0 Å². The third-order valence-corrected chi connectivity index (χ3v) is 5.88. The van der Waals surface area contributed by atoms with Crippen LogP contribution in [-0.4, -0.2) is 23.9 Å². The van der Waals surface area contributed by atoms with Gasteiger partial charge in [0.25, 0.3) is 11.7 Å². The number of furan rings is 1. The fourth-order valence-corrected chi connectivity index (χ4v) is 4.19. The van der Waals surface area contributed by atoms with Gasteiger partial charge in [0.15, 0.2) is 0 Å². The number of carbonyl (C=O) groups excluding carboxylic acids is 2. The van der Waals surface area contributed by atoms with Crippen LogP contribution in [0.25, 0.3) is 5.76 Å². The van der Waals surface area contributed by atoms with Gasteiger partial charge in [-0.3, -0.25) is 14.5 Å². The molecule has 1 amide bonds. The van der Waals surface area contributed by atoms with Crippen molar-refractivity contribution in [3.05, 3.63) is 87.9 Å². The topological polar surface area (TPSA) is 80.0 Å². The molecule has 6 nitrogen and oxygen atoms in total. The number of aliphatic hydroxyl groups is 1. The molecule has 2 heterocycles. The normalized spacial score (nSPS) is 17.8. The number of aryl methyl sites for hydroxylation is 4. The Bertz CT molecular complexity index is 1250. The van der Waals surface area contributed by atoms with E-state index in [2.05, 4.69) is 0 Å². The van der Waals surface area contributed by atoms with E-state index < -0.39 is 17.7 Å². The lowest BCUT2D eigenvalue weighted by Crippen LogP contribution is -2.30. The van der Waals surface area contributed by atoms with Crippen molar-refractivity contribution in [3.63, 3.8) is 0 Å². The molecular weight excluding hydrogens is 406 g/mol. The van der Waals surface area contributed by atoms with Gasteiger partial charge in [0.05, 0.1) is 18.9 Å². The highest BCUT2D eigenvalue weighted by atomic mass is 16.5. The minimum absolute atomic E-state index is 0.00137. The summed E-state index contributed by atoms with van der Waals surface area (Å²) in [7, 11) is 1.58. The van der Waals surface area contributed by atoms with Crippen molar-refractivity contribution in [2.24, 2.45) is 0 Å². The van der Waals surface area contributed by atoms with Gasteiger partial charge in [-0.15, -0.1) is 0 Å². The summed E-state index contributed by atoms with van der Waals surface area (Å²) in [6.45, 7) is 7.47. The molecule has 4 rings (SSSR count). The SMILES string of the molecule is COc1cc(C)c(/C(O)=C2/C(=O)C(=O)N(c3cc(C)ccc3C)C2c2ccco2)cc1C. The van der Waals surface area contributed by atoms with Crippen molar-refractivity contribution < 1.29 is 23.8 Å². The molecule has 32 heavy (non-hydrogen) atoms. The predicted octanol–water partition coefficient (Wildman–Crippen LogP) is 5.15. The summed E-state index contributed by atoms with van der Waals surface area (Å²) in [5.74, 6) is -0.616. The standard InChI is InChI=1S/C26H25NO5/c1-14-8-9-15(2)19(11-14)27-23(20-7-6-10-32-20)22(25(29)26(27)30)24(28)18-12-17(4)21(31-5)13-16(18)3/h6-13,23,28H,1-5H3/b24-22-. The van der Waals surface area contributed by atoms with Crippen LogP contribution in [0.5, 0.6) is 5.75 Å². The Morgan fingerprint density at radius 1 is 1.00 bits per heavy atom. The number of anilines is 1. The summed E-state index contributed by atoms with van der Waals surface area (Å²) in [6.07, 6.45) is 1.49. The summed E-state index contributed by atoms with van der Waals surface area (Å²) in [5, 5.41) is 11.3. The number of ketones is 1.